The smallest absolute Gasteiger partial charge is 0.207 e. The second-order valence-corrected chi connectivity index (χ2v) is 9.64. The van der Waals surface area contributed by atoms with Crippen LogP contribution in [0.3, 0.4) is 0 Å². The molecule has 0 saturated heterocycles. The second kappa shape index (κ2) is 16.1. The lowest BCUT2D eigenvalue weighted by Gasteiger charge is -2.17. The fourth-order valence-corrected chi connectivity index (χ4v) is 4.19. The van der Waals surface area contributed by atoms with E-state index in [-0.39, 0.29) is 23.0 Å². The van der Waals surface area contributed by atoms with Crippen molar-refractivity contribution in [3.05, 3.63) is 57.7 Å². The molecule has 0 aliphatic carbocycles. The maximum atomic E-state index is 10.6. The van der Waals surface area contributed by atoms with Crippen LogP contribution in [0.1, 0.15) is 97.1 Å². The van der Waals surface area contributed by atoms with Gasteiger partial charge < -0.3 is 19.7 Å². The third kappa shape index (κ3) is 10.3. The van der Waals surface area contributed by atoms with Crippen LogP contribution < -0.4 is 9.47 Å². The van der Waals surface area contributed by atoms with Crippen molar-refractivity contribution in [3.63, 3.8) is 0 Å². The summed E-state index contributed by atoms with van der Waals surface area (Å²) in [6.45, 7) is 12.8. The highest BCUT2D eigenvalue weighted by molar-refractivity contribution is 5.66. The van der Waals surface area contributed by atoms with Gasteiger partial charge in [0.2, 0.25) is 11.5 Å². The third-order valence-electron chi connectivity index (χ3n) is 6.53. The van der Waals surface area contributed by atoms with Crippen molar-refractivity contribution in [3.8, 4) is 23.0 Å². The van der Waals surface area contributed by atoms with Crippen molar-refractivity contribution in [2.24, 2.45) is 0 Å². The summed E-state index contributed by atoms with van der Waals surface area (Å²) < 4.78 is 10.5. The van der Waals surface area contributed by atoms with Gasteiger partial charge in [0, 0.05) is 11.1 Å². The molecule has 0 saturated carbocycles. The summed E-state index contributed by atoms with van der Waals surface area (Å²) in [5.74, 6) is 0.364. The number of allylic oxidation sites excluding steroid dienone is 8. The summed E-state index contributed by atoms with van der Waals surface area (Å²) in [4.78, 5) is 0. The lowest BCUT2D eigenvalue weighted by atomic mass is 9.99. The van der Waals surface area contributed by atoms with Gasteiger partial charge in [-0.15, -0.1) is 0 Å². The van der Waals surface area contributed by atoms with Crippen LogP contribution in [-0.4, -0.2) is 24.4 Å². The summed E-state index contributed by atoms with van der Waals surface area (Å²) >= 11 is 0. The van der Waals surface area contributed by atoms with E-state index in [0.717, 1.165) is 38.5 Å². The Labute approximate surface area is 214 Å². The van der Waals surface area contributed by atoms with Crippen LogP contribution in [0.25, 0.3) is 0 Å². The molecule has 0 heterocycles. The van der Waals surface area contributed by atoms with Crippen LogP contribution in [-0.2, 0) is 6.42 Å². The third-order valence-corrected chi connectivity index (χ3v) is 6.53. The van der Waals surface area contributed by atoms with Gasteiger partial charge in [0.25, 0.3) is 0 Å². The molecule has 35 heavy (non-hydrogen) atoms. The maximum Gasteiger partial charge on any atom is 0.207 e. The highest BCUT2D eigenvalue weighted by atomic mass is 16.5. The van der Waals surface area contributed by atoms with Crippen LogP contribution >= 0.6 is 0 Å². The highest BCUT2D eigenvalue weighted by Crippen LogP contribution is 2.48. The first-order valence-corrected chi connectivity index (χ1v) is 12.9. The van der Waals surface area contributed by atoms with Crippen LogP contribution in [0, 0.1) is 6.92 Å². The number of methoxy groups -OCH3 is 2. The van der Waals surface area contributed by atoms with Crippen molar-refractivity contribution < 1.29 is 19.7 Å². The molecule has 0 amide bonds. The summed E-state index contributed by atoms with van der Waals surface area (Å²) in [6.07, 6.45) is 18.7. The minimum Gasteiger partial charge on any atom is -0.504 e. The molecule has 196 valence electrons. The first-order chi connectivity index (χ1) is 16.7. The molecule has 0 aliphatic rings. The largest absolute Gasteiger partial charge is 0.504 e. The molecule has 0 fully saturated rings. The monoisotopic (exact) mass is 484 g/mol. The first-order valence-electron chi connectivity index (χ1n) is 12.9. The average Bonchev–Trinajstić information content (AvgIpc) is 2.81. The predicted octanol–water partition coefficient (Wildman–Crippen LogP) is 8.89. The molecule has 0 bridgehead atoms. The number of hydrogen-bond donors (Lipinski definition) is 2. The lowest BCUT2D eigenvalue weighted by Crippen LogP contribution is -1.98. The zero-order chi connectivity index (χ0) is 26.4. The minimum absolute atomic E-state index is 0.00844. The van der Waals surface area contributed by atoms with E-state index in [0.29, 0.717) is 17.5 Å². The number of phenolic OH excluding ortho intramolecular Hbond substituents is 2. The van der Waals surface area contributed by atoms with E-state index < -0.39 is 0 Å². The first kappa shape index (κ1) is 30.4. The minimum atomic E-state index is 0.00844. The van der Waals surface area contributed by atoms with Crippen molar-refractivity contribution in [1.82, 2.24) is 0 Å². The number of phenols is 2. The molecular formula is C31H48O4. The van der Waals surface area contributed by atoms with E-state index in [2.05, 4.69) is 58.9 Å². The van der Waals surface area contributed by atoms with Crippen molar-refractivity contribution in [2.75, 3.05) is 14.2 Å². The Bertz CT molecular complexity index is 932. The van der Waals surface area contributed by atoms with E-state index >= 15 is 0 Å². The van der Waals surface area contributed by atoms with E-state index in [9.17, 15) is 10.2 Å². The van der Waals surface area contributed by atoms with Gasteiger partial charge in [-0.05, 0) is 86.0 Å². The molecule has 0 aliphatic heterocycles. The summed E-state index contributed by atoms with van der Waals surface area (Å²) in [5, 5.41) is 21.0. The van der Waals surface area contributed by atoms with Gasteiger partial charge in [0.15, 0.2) is 11.5 Å². The summed E-state index contributed by atoms with van der Waals surface area (Å²) in [5.41, 5.74) is 6.94. The normalized spacial score (nSPS) is 13.4. The van der Waals surface area contributed by atoms with Gasteiger partial charge >= 0.3 is 0 Å². The Morgan fingerprint density at radius 2 is 1.06 bits per heavy atom. The highest BCUT2D eigenvalue weighted by Gasteiger charge is 2.22. The Morgan fingerprint density at radius 3 is 1.49 bits per heavy atom. The standard InChI is InChI=1S/C31H48O4/c1-9-13-22(2)14-10-15-23(3)16-11-17-24(4)18-12-19-25(5)20-21-27-26(6)28(32)30(34-7)31(35-8)29(27)33/h14,16,18,20,32-33H,9-13,15,17,19,21H2,1-8H3/b22-14-,23-16-,24-18+,25-20+. The average molecular weight is 485 g/mol. The Hall–Kier alpha value is -2.62. The quantitative estimate of drug-likeness (QED) is 0.193. The molecule has 0 spiro atoms. The van der Waals surface area contributed by atoms with E-state index in [4.69, 9.17) is 9.47 Å². The number of aromatic hydroxyl groups is 2. The summed E-state index contributed by atoms with van der Waals surface area (Å²) in [6, 6.07) is 0. The topological polar surface area (TPSA) is 58.9 Å². The molecule has 4 heteroatoms. The van der Waals surface area contributed by atoms with Crippen molar-refractivity contribution in [2.45, 2.75) is 99.3 Å². The van der Waals surface area contributed by atoms with Crippen LogP contribution in [0.5, 0.6) is 23.0 Å². The molecule has 0 unspecified atom stereocenters. The van der Waals surface area contributed by atoms with Gasteiger partial charge in [-0.25, -0.2) is 0 Å². The van der Waals surface area contributed by atoms with E-state index in [1.54, 1.807) is 6.92 Å². The predicted molar refractivity (Wildman–Crippen MR) is 149 cm³/mol. The molecule has 0 radical (unpaired) electrons. The molecule has 1 aromatic carbocycles. The van der Waals surface area contributed by atoms with Gasteiger partial charge in [-0.1, -0.05) is 59.9 Å². The lowest BCUT2D eigenvalue weighted by molar-refractivity contribution is 0.314. The van der Waals surface area contributed by atoms with Gasteiger partial charge in [-0.2, -0.15) is 0 Å². The zero-order valence-corrected chi connectivity index (χ0v) is 23.4. The molecule has 2 N–H and O–H groups in total. The Kier molecular flexibility index (Phi) is 14.0. The summed E-state index contributed by atoms with van der Waals surface area (Å²) in [7, 11) is 2.90. The van der Waals surface area contributed by atoms with Gasteiger partial charge in [-0.3, -0.25) is 0 Å². The SMILES string of the molecule is CCC/C(C)=C\CC/C(C)=C\CC/C(C)=C/CC/C(C)=C/Cc1c(C)c(O)c(OC)c(OC)c1O. The van der Waals surface area contributed by atoms with Crippen LogP contribution in [0.4, 0.5) is 0 Å². The number of benzene rings is 1. The molecule has 0 aromatic heterocycles. The van der Waals surface area contributed by atoms with Crippen LogP contribution in [0.2, 0.25) is 0 Å². The maximum absolute atomic E-state index is 10.6. The van der Waals surface area contributed by atoms with E-state index in [1.165, 1.54) is 49.4 Å². The zero-order valence-electron chi connectivity index (χ0n) is 23.4. The fourth-order valence-electron chi connectivity index (χ4n) is 4.19. The van der Waals surface area contributed by atoms with Crippen LogP contribution in [0.15, 0.2) is 46.6 Å². The molecule has 1 aromatic rings. The molecule has 1 rings (SSSR count). The van der Waals surface area contributed by atoms with Gasteiger partial charge in [0.05, 0.1) is 14.2 Å². The molecule has 0 atom stereocenters. The molecular weight excluding hydrogens is 436 g/mol. The number of hydrogen-bond acceptors (Lipinski definition) is 4. The number of rotatable bonds is 15. The fraction of sp³-hybridized carbons (Fsp3) is 0.548. The van der Waals surface area contributed by atoms with E-state index in [1.807, 2.05) is 0 Å². The Balaban J connectivity index is 2.57. The molecule has 4 nitrogen and oxygen atoms in total. The van der Waals surface area contributed by atoms with Gasteiger partial charge in [0.1, 0.15) is 0 Å². The number of ether oxygens (including phenoxy) is 2. The second-order valence-electron chi connectivity index (χ2n) is 9.64. The van der Waals surface area contributed by atoms with Crippen molar-refractivity contribution >= 4 is 0 Å². The van der Waals surface area contributed by atoms with Crippen molar-refractivity contribution in [1.29, 1.82) is 0 Å². The Morgan fingerprint density at radius 1 is 0.657 bits per heavy atom.